The van der Waals surface area contributed by atoms with E-state index in [4.69, 9.17) is 0 Å². The Morgan fingerprint density at radius 1 is 0.968 bits per heavy atom. The number of anilines is 2. The highest BCUT2D eigenvalue weighted by Crippen LogP contribution is 2.30. The SMILES string of the molecule is O=C(c1c[nH]c2ccccc12)[C@H](Nc1cccc(N2CCCC2=O)c1)c1ccccc1. The van der Waals surface area contributed by atoms with Gasteiger partial charge in [-0.25, -0.2) is 0 Å². The number of aromatic nitrogens is 1. The number of rotatable bonds is 6. The molecule has 1 fully saturated rings. The Hall–Kier alpha value is -3.86. The van der Waals surface area contributed by atoms with Crippen LogP contribution in [0.3, 0.4) is 0 Å². The van der Waals surface area contributed by atoms with Crippen molar-refractivity contribution in [2.24, 2.45) is 0 Å². The van der Waals surface area contributed by atoms with Gasteiger partial charge in [0.2, 0.25) is 5.91 Å². The van der Waals surface area contributed by atoms with Gasteiger partial charge in [0, 0.05) is 47.0 Å². The predicted octanol–water partition coefficient (Wildman–Crippen LogP) is 5.33. The van der Waals surface area contributed by atoms with Crippen molar-refractivity contribution >= 4 is 34.0 Å². The van der Waals surface area contributed by atoms with Gasteiger partial charge in [0.25, 0.3) is 0 Å². The molecule has 1 aliphatic rings. The average Bonchev–Trinajstić information content (AvgIpc) is 3.44. The van der Waals surface area contributed by atoms with Crippen LogP contribution < -0.4 is 10.2 Å². The van der Waals surface area contributed by atoms with E-state index in [1.54, 1.807) is 6.20 Å². The van der Waals surface area contributed by atoms with Gasteiger partial charge in [0.1, 0.15) is 6.04 Å². The van der Waals surface area contributed by atoms with E-state index in [1.807, 2.05) is 83.8 Å². The van der Waals surface area contributed by atoms with Crippen molar-refractivity contribution in [3.8, 4) is 0 Å². The maximum atomic E-state index is 13.7. The van der Waals surface area contributed by atoms with Crippen molar-refractivity contribution in [1.29, 1.82) is 0 Å². The highest BCUT2D eigenvalue weighted by Gasteiger charge is 2.25. The first-order valence-corrected chi connectivity index (χ1v) is 10.5. The summed E-state index contributed by atoms with van der Waals surface area (Å²) in [6, 6.07) is 24.7. The molecule has 1 atom stereocenters. The summed E-state index contributed by atoms with van der Waals surface area (Å²) in [7, 11) is 0. The maximum Gasteiger partial charge on any atom is 0.227 e. The number of benzene rings is 3. The highest BCUT2D eigenvalue weighted by molar-refractivity contribution is 6.11. The van der Waals surface area contributed by atoms with Gasteiger partial charge in [0.15, 0.2) is 5.78 Å². The van der Waals surface area contributed by atoms with Gasteiger partial charge < -0.3 is 15.2 Å². The lowest BCUT2D eigenvalue weighted by molar-refractivity contribution is -0.117. The molecule has 0 spiro atoms. The lowest BCUT2D eigenvalue weighted by Crippen LogP contribution is -2.24. The van der Waals surface area contributed by atoms with Crippen LogP contribution in [0.2, 0.25) is 0 Å². The van der Waals surface area contributed by atoms with E-state index in [-0.39, 0.29) is 11.7 Å². The van der Waals surface area contributed by atoms with Crippen molar-refractivity contribution in [3.63, 3.8) is 0 Å². The van der Waals surface area contributed by atoms with Crippen molar-refractivity contribution in [2.45, 2.75) is 18.9 Å². The molecule has 4 aromatic rings. The van der Waals surface area contributed by atoms with Crippen LogP contribution in [0.15, 0.2) is 85.1 Å². The summed E-state index contributed by atoms with van der Waals surface area (Å²) in [5.41, 5.74) is 4.15. The van der Waals surface area contributed by atoms with Crippen LogP contribution in [0.4, 0.5) is 11.4 Å². The standard InChI is InChI=1S/C26H23N3O2/c30-24-14-7-15-29(24)20-11-6-10-19(16-20)28-25(18-8-2-1-3-9-18)26(31)22-17-27-23-13-5-4-12-21(22)23/h1-6,8-13,16-17,25,27-28H,7,14-15H2/t25-/m1/s1. The molecule has 3 aromatic carbocycles. The summed E-state index contributed by atoms with van der Waals surface area (Å²) < 4.78 is 0. The predicted molar refractivity (Wildman–Crippen MR) is 123 cm³/mol. The van der Waals surface area contributed by atoms with E-state index in [9.17, 15) is 9.59 Å². The lowest BCUT2D eigenvalue weighted by atomic mass is 9.96. The number of nitrogens with zero attached hydrogens (tertiary/aromatic N) is 1. The van der Waals surface area contributed by atoms with Crippen LogP contribution >= 0.6 is 0 Å². The lowest BCUT2D eigenvalue weighted by Gasteiger charge is -2.21. The Balaban J connectivity index is 1.51. The largest absolute Gasteiger partial charge is 0.371 e. The minimum absolute atomic E-state index is 0.00805. The smallest absolute Gasteiger partial charge is 0.227 e. The topological polar surface area (TPSA) is 65.2 Å². The molecule has 5 nitrogen and oxygen atoms in total. The van der Waals surface area contributed by atoms with E-state index in [2.05, 4.69) is 10.3 Å². The Morgan fingerprint density at radius 2 is 1.77 bits per heavy atom. The van der Waals surface area contributed by atoms with E-state index < -0.39 is 6.04 Å². The van der Waals surface area contributed by atoms with Crippen molar-refractivity contribution < 1.29 is 9.59 Å². The summed E-state index contributed by atoms with van der Waals surface area (Å²) in [4.78, 5) is 30.8. The van der Waals surface area contributed by atoms with E-state index in [1.165, 1.54) is 0 Å². The van der Waals surface area contributed by atoms with E-state index >= 15 is 0 Å². The number of carbonyl (C=O) groups excluding carboxylic acids is 2. The average molecular weight is 409 g/mol. The van der Waals surface area contributed by atoms with Gasteiger partial charge in [0.05, 0.1) is 0 Å². The van der Waals surface area contributed by atoms with Crippen molar-refractivity contribution in [3.05, 3.63) is 96.2 Å². The summed E-state index contributed by atoms with van der Waals surface area (Å²) >= 11 is 0. The normalized spacial score (nSPS) is 14.7. The van der Waals surface area contributed by atoms with Gasteiger partial charge in [-0.15, -0.1) is 0 Å². The second-order valence-corrected chi connectivity index (χ2v) is 7.80. The van der Waals surface area contributed by atoms with Crippen LogP contribution in [0.5, 0.6) is 0 Å². The molecule has 0 saturated carbocycles. The minimum atomic E-state index is -0.551. The van der Waals surface area contributed by atoms with Crippen LogP contribution in [0, 0.1) is 0 Å². The number of aromatic amines is 1. The molecule has 0 aliphatic carbocycles. The zero-order chi connectivity index (χ0) is 21.2. The Kier molecular flexibility index (Phi) is 5.00. The molecule has 5 heteroatoms. The van der Waals surface area contributed by atoms with Gasteiger partial charge in [-0.05, 0) is 36.2 Å². The molecule has 154 valence electrons. The molecule has 2 heterocycles. The number of carbonyl (C=O) groups is 2. The fourth-order valence-electron chi connectivity index (χ4n) is 4.23. The number of para-hydroxylation sites is 1. The van der Waals surface area contributed by atoms with E-state index in [0.717, 1.165) is 40.8 Å². The molecule has 0 unspecified atom stereocenters. The number of nitrogens with one attached hydrogen (secondary N) is 2. The Morgan fingerprint density at radius 3 is 2.58 bits per heavy atom. The molecule has 1 aliphatic heterocycles. The first-order chi connectivity index (χ1) is 15.2. The molecule has 0 radical (unpaired) electrons. The number of hydrogen-bond donors (Lipinski definition) is 2. The zero-order valence-corrected chi connectivity index (χ0v) is 17.0. The van der Waals surface area contributed by atoms with Gasteiger partial charge in [-0.3, -0.25) is 9.59 Å². The molecular weight excluding hydrogens is 386 g/mol. The summed E-state index contributed by atoms with van der Waals surface area (Å²) in [5, 5.41) is 4.33. The highest BCUT2D eigenvalue weighted by atomic mass is 16.2. The minimum Gasteiger partial charge on any atom is -0.371 e. The number of hydrogen-bond acceptors (Lipinski definition) is 3. The Bertz CT molecular complexity index is 1250. The van der Waals surface area contributed by atoms with Gasteiger partial charge in [-0.2, -0.15) is 0 Å². The fourth-order valence-corrected chi connectivity index (χ4v) is 4.23. The molecular formula is C26H23N3O2. The van der Waals surface area contributed by atoms with Crippen LogP contribution in [0.1, 0.15) is 34.8 Å². The third-order valence-corrected chi connectivity index (χ3v) is 5.79. The number of H-pyrrole nitrogens is 1. The van der Waals surface area contributed by atoms with Crippen LogP contribution in [-0.2, 0) is 4.79 Å². The van der Waals surface area contributed by atoms with Crippen molar-refractivity contribution in [2.75, 3.05) is 16.8 Å². The summed E-state index contributed by atoms with van der Waals surface area (Å²) in [5.74, 6) is 0.137. The van der Waals surface area contributed by atoms with E-state index in [0.29, 0.717) is 12.0 Å². The number of amides is 1. The molecule has 1 saturated heterocycles. The zero-order valence-electron chi connectivity index (χ0n) is 17.0. The van der Waals surface area contributed by atoms with Crippen LogP contribution in [0.25, 0.3) is 10.9 Å². The maximum absolute atomic E-state index is 13.7. The second-order valence-electron chi connectivity index (χ2n) is 7.80. The molecule has 1 aromatic heterocycles. The summed E-state index contributed by atoms with van der Waals surface area (Å²) in [6.07, 6.45) is 3.25. The number of Topliss-reactive ketones (excluding diaryl/α,β-unsaturated/α-hetero) is 1. The van der Waals surface area contributed by atoms with Crippen molar-refractivity contribution in [1.82, 2.24) is 4.98 Å². The summed E-state index contributed by atoms with van der Waals surface area (Å²) in [6.45, 7) is 0.735. The first kappa shape index (κ1) is 19.1. The second kappa shape index (κ2) is 8.11. The molecule has 0 bridgehead atoms. The monoisotopic (exact) mass is 409 g/mol. The quantitative estimate of drug-likeness (QED) is 0.423. The fraction of sp³-hybridized carbons (Fsp3) is 0.154. The molecule has 1 amide bonds. The molecule has 31 heavy (non-hydrogen) atoms. The third-order valence-electron chi connectivity index (χ3n) is 5.79. The van der Waals surface area contributed by atoms with Crippen LogP contribution in [-0.4, -0.2) is 23.2 Å². The third kappa shape index (κ3) is 3.70. The number of ketones is 1. The van der Waals surface area contributed by atoms with Gasteiger partial charge >= 0.3 is 0 Å². The van der Waals surface area contributed by atoms with Gasteiger partial charge in [-0.1, -0.05) is 54.6 Å². The first-order valence-electron chi connectivity index (χ1n) is 10.5. The Labute approximate surface area is 180 Å². The molecule has 2 N–H and O–H groups in total. The molecule has 5 rings (SSSR count). The number of fused-ring (bicyclic) bond motifs is 1.